The zero-order valence-corrected chi connectivity index (χ0v) is 11.8. The first-order chi connectivity index (χ1) is 9.13. The highest BCUT2D eigenvalue weighted by Crippen LogP contribution is 2.28. The third-order valence-corrected chi connectivity index (χ3v) is 3.39. The van der Waals surface area contributed by atoms with Gasteiger partial charge in [-0.2, -0.15) is 10.5 Å². The van der Waals surface area contributed by atoms with E-state index in [0.29, 0.717) is 11.1 Å². The SMILES string of the molecule is Cc1ccc(C#N)cc1Nc1ccc(C#N)cc1Br. The summed E-state index contributed by atoms with van der Waals surface area (Å²) in [6, 6.07) is 15.0. The molecule has 19 heavy (non-hydrogen) atoms. The van der Waals surface area contributed by atoms with E-state index in [1.165, 1.54) is 0 Å². The molecule has 4 heteroatoms. The Bertz CT molecular complexity index is 708. The molecule has 0 saturated carbocycles. The van der Waals surface area contributed by atoms with E-state index in [9.17, 15) is 0 Å². The van der Waals surface area contributed by atoms with Gasteiger partial charge in [-0.05, 0) is 58.7 Å². The Balaban J connectivity index is 2.37. The normalized spacial score (nSPS) is 9.47. The van der Waals surface area contributed by atoms with Gasteiger partial charge < -0.3 is 5.32 Å². The largest absolute Gasteiger partial charge is 0.354 e. The Morgan fingerprint density at radius 2 is 1.58 bits per heavy atom. The fraction of sp³-hybridized carbons (Fsp3) is 0.0667. The van der Waals surface area contributed by atoms with Crippen molar-refractivity contribution < 1.29 is 0 Å². The Labute approximate surface area is 120 Å². The standard InChI is InChI=1S/C15H10BrN3/c1-10-2-3-12(9-18)7-15(10)19-14-5-4-11(8-17)6-13(14)16/h2-7,19H,1H3. The lowest BCUT2D eigenvalue weighted by Crippen LogP contribution is -1.95. The van der Waals surface area contributed by atoms with Crippen molar-refractivity contribution in [1.82, 2.24) is 0 Å². The summed E-state index contributed by atoms with van der Waals surface area (Å²) in [5, 5.41) is 21.0. The van der Waals surface area contributed by atoms with E-state index >= 15 is 0 Å². The lowest BCUT2D eigenvalue weighted by Gasteiger charge is -2.11. The van der Waals surface area contributed by atoms with Crippen molar-refractivity contribution >= 4 is 27.3 Å². The maximum absolute atomic E-state index is 8.92. The molecule has 0 heterocycles. The van der Waals surface area contributed by atoms with Crippen LogP contribution >= 0.6 is 15.9 Å². The Hall–Kier alpha value is -2.30. The molecule has 2 rings (SSSR count). The minimum absolute atomic E-state index is 0.597. The van der Waals surface area contributed by atoms with E-state index in [0.717, 1.165) is 21.4 Å². The average Bonchev–Trinajstić information content (AvgIpc) is 2.43. The quantitative estimate of drug-likeness (QED) is 0.902. The Morgan fingerprint density at radius 1 is 0.947 bits per heavy atom. The van der Waals surface area contributed by atoms with E-state index in [1.54, 1.807) is 24.3 Å². The van der Waals surface area contributed by atoms with E-state index in [2.05, 4.69) is 33.4 Å². The van der Waals surface area contributed by atoms with E-state index in [1.807, 2.05) is 19.1 Å². The summed E-state index contributed by atoms with van der Waals surface area (Å²) in [6.45, 7) is 1.97. The molecule has 0 unspecified atom stereocenters. The Morgan fingerprint density at radius 3 is 2.21 bits per heavy atom. The molecular formula is C15H10BrN3. The monoisotopic (exact) mass is 311 g/mol. The van der Waals surface area contributed by atoms with Gasteiger partial charge in [0.25, 0.3) is 0 Å². The van der Waals surface area contributed by atoms with Gasteiger partial charge in [0.15, 0.2) is 0 Å². The highest BCUT2D eigenvalue weighted by Gasteiger charge is 2.05. The fourth-order valence-corrected chi connectivity index (χ4v) is 2.14. The average molecular weight is 312 g/mol. The molecule has 92 valence electrons. The van der Waals surface area contributed by atoms with E-state index < -0.39 is 0 Å². The molecule has 2 aromatic carbocycles. The summed E-state index contributed by atoms with van der Waals surface area (Å²) >= 11 is 3.43. The lowest BCUT2D eigenvalue weighted by atomic mass is 10.1. The second-order valence-corrected chi connectivity index (χ2v) is 4.93. The summed E-state index contributed by atoms with van der Waals surface area (Å²) in [5.41, 5.74) is 4.00. The van der Waals surface area contributed by atoms with Crippen LogP contribution in [0.1, 0.15) is 16.7 Å². The van der Waals surface area contributed by atoms with Gasteiger partial charge in [-0.25, -0.2) is 0 Å². The summed E-state index contributed by atoms with van der Waals surface area (Å²) in [7, 11) is 0. The fourth-order valence-electron chi connectivity index (χ4n) is 1.66. The first-order valence-electron chi connectivity index (χ1n) is 5.61. The van der Waals surface area contributed by atoms with Gasteiger partial charge in [-0.1, -0.05) is 6.07 Å². The van der Waals surface area contributed by atoms with Crippen LogP contribution in [0.2, 0.25) is 0 Å². The molecule has 0 aliphatic carbocycles. The van der Waals surface area contributed by atoms with Gasteiger partial charge in [0, 0.05) is 10.2 Å². The molecule has 1 N–H and O–H groups in total. The van der Waals surface area contributed by atoms with Crippen LogP contribution in [0.15, 0.2) is 40.9 Å². The first kappa shape index (κ1) is 13.1. The maximum Gasteiger partial charge on any atom is 0.0992 e. The van der Waals surface area contributed by atoms with Crippen LogP contribution in [0.25, 0.3) is 0 Å². The van der Waals surface area contributed by atoms with Crippen LogP contribution in [0, 0.1) is 29.6 Å². The van der Waals surface area contributed by atoms with Crippen molar-refractivity contribution in [2.24, 2.45) is 0 Å². The molecule has 0 spiro atoms. The summed E-state index contributed by atoms with van der Waals surface area (Å²) in [5.74, 6) is 0. The van der Waals surface area contributed by atoms with Gasteiger partial charge in [-0.15, -0.1) is 0 Å². The second kappa shape index (κ2) is 5.56. The predicted octanol–water partition coefficient (Wildman–Crippen LogP) is 4.24. The third-order valence-electron chi connectivity index (χ3n) is 2.73. The minimum Gasteiger partial charge on any atom is -0.354 e. The second-order valence-electron chi connectivity index (χ2n) is 4.07. The number of hydrogen-bond donors (Lipinski definition) is 1. The number of nitrogens with one attached hydrogen (secondary N) is 1. The van der Waals surface area contributed by atoms with Crippen molar-refractivity contribution in [3.63, 3.8) is 0 Å². The molecule has 0 radical (unpaired) electrons. The first-order valence-corrected chi connectivity index (χ1v) is 6.41. The zero-order chi connectivity index (χ0) is 13.8. The van der Waals surface area contributed by atoms with Crippen molar-refractivity contribution in [2.75, 3.05) is 5.32 Å². The highest BCUT2D eigenvalue weighted by molar-refractivity contribution is 9.10. The minimum atomic E-state index is 0.597. The smallest absolute Gasteiger partial charge is 0.0992 e. The molecule has 0 aromatic heterocycles. The highest BCUT2D eigenvalue weighted by atomic mass is 79.9. The van der Waals surface area contributed by atoms with E-state index in [-0.39, 0.29) is 0 Å². The van der Waals surface area contributed by atoms with Crippen LogP contribution in [0.4, 0.5) is 11.4 Å². The molecule has 0 fully saturated rings. The lowest BCUT2D eigenvalue weighted by molar-refractivity contribution is 1.39. The van der Waals surface area contributed by atoms with Crippen molar-refractivity contribution in [3.8, 4) is 12.1 Å². The summed E-state index contributed by atoms with van der Waals surface area (Å²) in [4.78, 5) is 0. The van der Waals surface area contributed by atoms with Crippen LogP contribution in [0.3, 0.4) is 0 Å². The molecule has 0 bridgehead atoms. The molecule has 0 aliphatic heterocycles. The van der Waals surface area contributed by atoms with Gasteiger partial charge in [0.2, 0.25) is 0 Å². The van der Waals surface area contributed by atoms with Gasteiger partial charge in [0.05, 0.1) is 29.0 Å². The van der Waals surface area contributed by atoms with E-state index in [4.69, 9.17) is 10.5 Å². The molecule has 2 aromatic rings. The van der Waals surface area contributed by atoms with Gasteiger partial charge >= 0.3 is 0 Å². The summed E-state index contributed by atoms with van der Waals surface area (Å²) < 4.78 is 0.813. The maximum atomic E-state index is 8.92. The molecule has 3 nitrogen and oxygen atoms in total. The van der Waals surface area contributed by atoms with Crippen molar-refractivity contribution in [2.45, 2.75) is 6.92 Å². The van der Waals surface area contributed by atoms with Gasteiger partial charge in [-0.3, -0.25) is 0 Å². The van der Waals surface area contributed by atoms with Crippen LogP contribution in [-0.2, 0) is 0 Å². The zero-order valence-electron chi connectivity index (χ0n) is 10.2. The van der Waals surface area contributed by atoms with Crippen LogP contribution < -0.4 is 5.32 Å². The predicted molar refractivity (Wildman–Crippen MR) is 78.0 cm³/mol. The number of benzene rings is 2. The summed E-state index contributed by atoms with van der Waals surface area (Å²) in [6.07, 6.45) is 0. The molecule has 0 atom stereocenters. The number of rotatable bonds is 2. The Kier molecular flexibility index (Phi) is 3.85. The number of nitrogens with zero attached hydrogens (tertiary/aromatic N) is 2. The van der Waals surface area contributed by atoms with Crippen LogP contribution in [0.5, 0.6) is 0 Å². The molecule has 0 amide bonds. The topological polar surface area (TPSA) is 59.6 Å². The number of aryl methyl sites for hydroxylation is 1. The van der Waals surface area contributed by atoms with Crippen LogP contribution in [-0.4, -0.2) is 0 Å². The molecule has 0 saturated heterocycles. The van der Waals surface area contributed by atoms with Crippen molar-refractivity contribution in [3.05, 3.63) is 57.6 Å². The molecule has 0 aliphatic rings. The molecular weight excluding hydrogens is 302 g/mol. The number of hydrogen-bond acceptors (Lipinski definition) is 3. The number of nitriles is 2. The third kappa shape index (κ3) is 2.93. The number of anilines is 2. The van der Waals surface area contributed by atoms with Crippen molar-refractivity contribution in [1.29, 1.82) is 10.5 Å². The van der Waals surface area contributed by atoms with Gasteiger partial charge in [0.1, 0.15) is 0 Å². The number of halogens is 1.